The molecule has 0 aliphatic rings. The molecule has 0 radical (unpaired) electrons. The quantitative estimate of drug-likeness (QED) is 0.857. The van der Waals surface area contributed by atoms with Crippen molar-refractivity contribution in [2.45, 2.75) is 26.8 Å². The number of carbonyl (C=O) groups is 1. The van der Waals surface area contributed by atoms with Crippen LogP contribution in [0.5, 0.6) is 0 Å². The zero-order chi connectivity index (χ0) is 11.6. The van der Waals surface area contributed by atoms with E-state index >= 15 is 0 Å². The minimum absolute atomic E-state index is 0.0656. The van der Waals surface area contributed by atoms with Crippen molar-refractivity contribution in [1.29, 1.82) is 0 Å². The van der Waals surface area contributed by atoms with Gasteiger partial charge in [0.25, 0.3) is 5.91 Å². The van der Waals surface area contributed by atoms with E-state index in [1.807, 2.05) is 6.92 Å². The highest BCUT2D eigenvalue weighted by molar-refractivity contribution is 7.13. The number of hydrogen-bond donors (Lipinski definition) is 1. The molecule has 15 heavy (non-hydrogen) atoms. The smallest absolute Gasteiger partial charge is 0.273 e. The first-order chi connectivity index (χ1) is 6.93. The summed E-state index contributed by atoms with van der Waals surface area (Å²) in [5.74, 6) is 0.360. The lowest BCUT2D eigenvalue weighted by Crippen LogP contribution is -2.38. The van der Waals surface area contributed by atoms with E-state index in [-0.39, 0.29) is 11.9 Å². The third-order valence-corrected chi connectivity index (χ3v) is 3.31. The van der Waals surface area contributed by atoms with Crippen LogP contribution in [0.4, 0.5) is 5.13 Å². The van der Waals surface area contributed by atoms with E-state index in [0.29, 0.717) is 16.7 Å². The second kappa shape index (κ2) is 4.61. The molecule has 0 saturated heterocycles. The van der Waals surface area contributed by atoms with Gasteiger partial charge >= 0.3 is 0 Å². The van der Waals surface area contributed by atoms with E-state index in [4.69, 9.17) is 5.73 Å². The average molecular weight is 227 g/mol. The lowest BCUT2D eigenvalue weighted by molar-refractivity contribution is 0.0702. The van der Waals surface area contributed by atoms with Crippen LogP contribution >= 0.6 is 11.3 Å². The fourth-order valence-electron chi connectivity index (χ4n) is 1.20. The Kier molecular flexibility index (Phi) is 3.68. The second-order valence-electron chi connectivity index (χ2n) is 3.97. The number of amides is 1. The Bertz CT molecular complexity index is 348. The van der Waals surface area contributed by atoms with Crippen LogP contribution in [0.25, 0.3) is 0 Å². The van der Waals surface area contributed by atoms with Crippen molar-refractivity contribution in [2.24, 2.45) is 5.92 Å². The fourth-order valence-corrected chi connectivity index (χ4v) is 1.74. The van der Waals surface area contributed by atoms with E-state index in [9.17, 15) is 4.79 Å². The largest absolute Gasteiger partial charge is 0.375 e. The Labute approximate surface area is 94.1 Å². The van der Waals surface area contributed by atoms with Gasteiger partial charge in [-0.05, 0) is 12.8 Å². The molecular weight excluding hydrogens is 210 g/mol. The molecule has 0 fully saturated rings. The van der Waals surface area contributed by atoms with Gasteiger partial charge in [0, 0.05) is 18.5 Å². The molecule has 1 amide bonds. The van der Waals surface area contributed by atoms with Crippen molar-refractivity contribution in [3.8, 4) is 0 Å². The number of anilines is 1. The van der Waals surface area contributed by atoms with Gasteiger partial charge in [0.1, 0.15) is 5.69 Å². The minimum Gasteiger partial charge on any atom is -0.375 e. The SMILES string of the molecule is CC(C)C(C)N(C)C(=O)c1csc(N)n1. The standard InChI is InChI=1S/C10H17N3OS/c1-6(2)7(3)13(4)9(14)8-5-15-10(11)12-8/h5-7H,1-4H3,(H2,11,12). The number of nitrogens with zero attached hydrogens (tertiary/aromatic N) is 2. The maximum absolute atomic E-state index is 11.9. The highest BCUT2D eigenvalue weighted by Crippen LogP contribution is 2.15. The Morgan fingerprint density at radius 1 is 1.53 bits per heavy atom. The first kappa shape index (κ1) is 12.0. The molecule has 0 bridgehead atoms. The molecule has 4 nitrogen and oxygen atoms in total. The van der Waals surface area contributed by atoms with Gasteiger partial charge in [0.05, 0.1) is 0 Å². The van der Waals surface area contributed by atoms with Gasteiger partial charge in [-0.15, -0.1) is 11.3 Å². The van der Waals surface area contributed by atoms with Crippen molar-refractivity contribution in [3.05, 3.63) is 11.1 Å². The summed E-state index contributed by atoms with van der Waals surface area (Å²) in [7, 11) is 1.79. The number of hydrogen-bond acceptors (Lipinski definition) is 4. The monoisotopic (exact) mass is 227 g/mol. The molecule has 1 atom stereocenters. The Hall–Kier alpha value is -1.10. The van der Waals surface area contributed by atoms with E-state index in [0.717, 1.165) is 0 Å². The summed E-state index contributed by atoms with van der Waals surface area (Å²) < 4.78 is 0. The van der Waals surface area contributed by atoms with Crippen molar-refractivity contribution in [2.75, 3.05) is 12.8 Å². The number of nitrogens with two attached hydrogens (primary N) is 1. The second-order valence-corrected chi connectivity index (χ2v) is 4.86. The lowest BCUT2D eigenvalue weighted by Gasteiger charge is -2.27. The molecular formula is C10H17N3OS. The van der Waals surface area contributed by atoms with Crippen LogP contribution in [0, 0.1) is 5.92 Å². The summed E-state index contributed by atoms with van der Waals surface area (Å²) in [5, 5.41) is 2.13. The first-order valence-corrected chi connectivity index (χ1v) is 5.79. The molecule has 2 N–H and O–H groups in total. The van der Waals surface area contributed by atoms with Crippen LogP contribution in [0.15, 0.2) is 5.38 Å². The first-order valence-electron chi connectivity index (χ1n) is 4.91. The van der Waals surface area contributed by atoms with Gasteiger partial charge in [0.15, 0.2) is 5.13 Å². The van der Waals surface area contributed by atoms with Crippen LogP contribution in [0.2, 0.25) is 0 Å². The molecule has 0 saturated carbocycles. The number of rotatable bonds is 3. The Morgan fingerprint density at radius 3 is 2.53 bits per heavy atom. The molecule has 0 spiro atoms. The van der Waals surface area contributed by atoms with Crippen LogP contribution in [-0.4, -0.2) is 28.9 Å². The third kappa shape index (κ3) is 2.68. The molecule has 1 unspecified atom stereocenters. The van der Waals surface area contributed by atoms with Crippen LogP contribution in [0.1, 0.15) is 31.3 Å². The van der Waals surface area contributed by atoms with Gasteiger partial charge in [-0.1, -0.05) is 13.8 Å². The molecule has 1 aromatic heterocycles. The number of thiazole rings is 1. The van der Waals surface area contributed by atoms with Crippen molar-refractivity contribution < 1.29 is 4.79 Å². The molecule has 5 heteroatoms. The third-order valence-electron chi connectivity index (χ3n) is 2.64. The van der Waals surface area contributed by atoms with E-state index in [1.54, 1.807) is 17.3 Å². The predicted octanol–water partition coefficient (Wildman–Crippen LogP) is 1.84. The maximum Gasteiger partial charge on any atom is 0.273 e. The van der Waals surface area contributed by atoms with Gasteiger partial charge in [-0.25, -0.2) is 4.98 Å². The van der Waals surface area contributed by atoms with Crippen molar-refractivity contribution in [3.63, 3.8) is 0 Å². The highest BCUT2D eigenvalue weighted by Gasteiger charge is 2.21. The summed E-state index contributed by atoms with van der Waals surface area (Å²) in [6.07, 6.45) is 0. The zero-order valence-electron chi connectivity index (χ0n) is 9.52. The van der Waals surface area contributed by atoms with Crippen LogP contribution < -0.4 is 5.73 Å². The zero-order valence-corrected chi connectivity index (χ0v) is 10.3. The summed E-state index contributed by atoms with van der Waals surface area (Å²) in [6, 6.07) is 0.195. The minimum atomic E-state index is -0.0656. The van der Waals surface area contributed by atoms with Gasteiger partial charge < -0.3 is 10.6 Å². The average Bonchev–Trinajstić information content (AvgIpc) is 2.61. The summed E-state index contributed by atoms with van der Waals surface area (Å²) in [5.41, 5.74) is 5.93. The van der Waals surface area contributed by atoms with E-state index < -0.39 is 0 Å². The molecule has 0 aliphatic carbocycles. The van der Waals surface area contributed by atoms with Crippen LogP contribution in [-0.2, 0) is 0 Å². The van der Waals surface area contributed by atoms with Gasteiger partial charge in [-0.3, -0.25) is 4.79 Å². The number of carbonyl (C=O) groups excluding carboxylic acids is 1. The summed E-state index contributed by atoms with van der Waals surface area (Å²) in [4.78, 5) is 17.6. The summed E-state index contributed by atoms with van der Waals surface area (Å²) in [6.45, 7) is 6.20. The highest BCUT2D eigenvalue weighted by atomic mass is 32.1. The van der Waals surface area contributed by atoms with Gasteiger partial charge in [-0.2, -0.15) is 0 Å². The fraction of sp³-hybridized carbons (Fsp3) is 0.600. The molecule has 1 rings (SSSR count). The summed E-state index contributed by atoms with van der Waals surface area (Å²) >= 11 is 1.29. The molecule has 1 aromatic rings. The lowest BCUT2D eigenvalue weighted by atomic mass is 10.1. The number of aromatic nitrogens is 1. The Morgan fingerprint density at radius 2 is 2.13 bits per heavy atom. The molecule has 0 aliphatic heterocycles. The Balaban J connectivity index is 2.77. The van der Waals surface area contributed by atoms with Gasteiger partial charge in [0.2, 0.25) is 0 Å². The normalized spacial score (nSPS) is 12.9. The van der Waals surface area contributed by atoms with E-state index in [2.05, 4.69) is 18.8 Å². The molecule has 84 valence electrons. The topological polar surface area (TPSA) is 59.2 Å². The maximum atomic E-state index is 11.9. The van der Waals surface area contributed by atoms with Crippen LogP contribution in [0.3, 0.4) is 0 Å². The van der Waals surface area contributed by atoms with E-state index in [1.165, 1.54) is 11.3 Å². The predicted molar refractivity (Wildman–Crippen MR) is 62.9 cm³/mol. The van der Waals surface area contributed by atoms with Crippen molar-refractivity contribution in [1.82, 2.24) is 9.88 Å². The number of nitrogen functional groups attached to an aromatic ring is 1. The van der Waals surface area contributed by atoms with Crippen molar-refractivity contribution >= 4 is 22.4 Å². The molecule has 0 aromatic carbocycles. The molecule has 1 heterocycles.